The van der Waals surface area contributed by atoms with Gasteiger partial charge in [0, 0.05) is 30.1 Å². The van der Waals surface area contributed by atoms with Gasteiger partial charge in [0.05, 0.1) is 17.2 Å². The normalized spacial score (nSPS) is 13.7. The van der Waals surface area contributed by atoms with Crippen LogP contribution in [0.2, 0.25) is 0 Å². The van der Waals surface area contributed by atoms with E-state index < -0.39 is 20.6 Å². The topological polar surface area (TPSA) is 120 Å². The molecule has 2 aromatic heterocycles. The van der Waals surface area contributed by atoms with Crippen molar-refractivity contribution in [2.24, 2.45) is 0 Å². The first-order valence-electron chi connectivity index (χ1n) is 9.70. The Morgan fingerprint density at radius 1 is 1.10 bits per heavy atom. The second kappa shape index (κ2) is 8.33. The first kappa shape index (κ1) is 20.2. The van der Waals surface area contributed by atoms with E-state index in [0.717, 1.165) is 42.8 Å². The van der Waals surface area contributed by atoms with Crippen molar-refractivity contribution in [3.63, 3.8) is 0 Å². The van der Waals surface area contributed by atoms with E-state index in [1.165, 1.54) is 29.8 Å². The van der Waals surface area contributed by atoms with Crippen molar-refractivity contribution in [3.8, 4) is 11.4 Å². The lowest BCUT2D eigenvalue weighted by Gasteiger charge is -2.14. The molecule has 0 amide bonds. The SMILES string of the molecule is O=[N+]([O-])c1ccccc1S(=O)(=O)NCCn1nc(-c2ccccn2)c2c1CCCC2. The molecule has 0 spiro atoms. The van der Waals surface area contributed by atoms with Crippen molar-refractivity contribution in [1.29, 1.82) is 0 Å². The van der Waals surface area contributed by atoms with Gasteiger partial charge in [0.25, 0.3) is 5.69 Å². The van der Waals surface area contributed by atoms with E-state index in [1.54, 1.807) is 6.20 Å². The number of aromatic nitrogens is 3. The van der Waals surface area contributed by atoms with Crippen LogP contribution >= 0.6 is 0 Å². The molecule has 0 fully saturated rings. The molecule has 2 heterocycles. The lowest BCUT2D eigenvalue weighted by atomic mass is 9.95. The third kappa shape index (κ3) is 3.96. The molecule has 156 valence electrons. The van der Waals surface area contributed by atoms with Crippen molar-refractivity contribution < 1.29 is 13.3 Å². The number of pyridine rings is 1. The number of sulfonamides is 1. The Morgan fingerprint density at radius 3 is 2.63 bits per heavy atom. The van der Waals surface area contributed by atoms with Gasteiger partial charge in [-0.25, -0.2) is 13.1 Å². The molecule has 0 aliphatic heterocycles. The zero-order chi connectivity index (χ0) is 21.1. The Hall–Kier alpha value is -3.11. The zero-order valence-electron chi connectivity index (χ0n) is 16.2. The summed E-state index contributed by atoms with van der Waals surface area (Å²) in [4.78, 5) is 14.5. The second-order valence-corrected chi connectivity index (χ2v) is 8.78. The highest BCUT2D eigenvalue weighted by Crippen LogP contribution is 2.30. The summed E-state index contributed by atoms with van der Waals surface area (Å²) in [5.74, 6) is 0. The number of nitro groups is 1. The van der Waals surface area contributed by atoms with Crippen LogP contribution < -0.4 is 4.72 Å². The van der Waals surface area contributed by atoms with Gasteiger partial charge in [-0.1, -0.05) is 18.2 Å². The fraction of sp³-hybridized carbons (Fsp3) is 0.300. The summed E-state index contributed by atoms with van der Waals surface area (Å²) < 4.78 is 29.5. The van der Waals surface area contributed by atoms with E-state index >= 15 is 0 Å². The molecule has 10 heteroatoms. The highest BCUT2D eigenvalue weighted by molar-refractivity contribution is 7.89. The highest BCUT2D eigenvalue weighted by atomic mass is 32.2. The van der Waals surface area contributed by atoms with Crippen LogP contribution in [0.4, 0.5) is 5.69 Å². The quantitative estimate of drug-likeness (QED) is 0.457. The number of hydrogen-bond donors (Lipinski definition) is 1. The maximum absolute atomic E-state index is 12.6. The average Bonchev–Trinajstić information content (AvgIpc) is 3.13. The van der Waals surface area contributed by atoms with Gasteiger partial charge in [-0.05, 0) is 43.9 Å². The first-order valence-corrected chi connectivity index (χ1v) is 11.2. The summed E-state index contributed by atoms with van der Waals surface area (Å²) in [6.45, 7) is 0.402. The fourth-order valence-corrected chi connectivity index (χ4v) is 4.95. The highest BCUT2D eigenvalue weighted by Gasteiger charge is 2.26. The molecule has 1 aliphatic carbocycles. The molecule has 3 aromatic rings. The van der Waals surface area contributed by atoms with Crippen LogP contribution in [-0.4, -0.2) is 34.7 Å². The molecule has 0 saturated carbocycles. The molecule has 1 aliphatic rings. The van der Waals surface area contributed by atoms with Gasteiger partial charge < -0.3 is 0 Å². The van der Waals surface area contributed by atoms with Gasteiger partial charge >= 0.3 is 0 Å². The Kier molecular flexibility index (Phi) is 5.60. The average molecular weight is 427 g/mol. The summed E-state index contributed by atoms with van der Waals surface area (Å²) in [6.07, 6.45) is 5.67. The standard InChI is InChI=1S/C20H21N5O4S/c26-25(27)18-10-3-4-11-19(18)30(28,29)22-13-14-24-17-9-2-1-7-15(17)20(23-24)16-8-5-6-12-21-16/h3-6,8,10-12,22H,1-2,7,9,13-14H2. The summed E-state index contributed by atoms with van der Waals surface area (Å²) in [5.41, 5.74) is 3.47. The maximum Gasteiger partial charge on any atom is 0.289 e. The first-order chi connectivity index (χ1) is 14.5. The Balaban J connectivity index is 1.55. The van der Waals surface area contributed by atoms with Crippen LogP contribution in [0.3, 0.4) is 0 Å². The van der Waals surface area contributed by atoms with Crippen LogP contribution in [0.5, 0.6) is 0 Å². The van der Waals surface area contributed by atoms with Gasteiger partial charge in [-0.2, -0.15) is 5.10 Å². The molecular weight excluding hydrogens is 406 g/mol. The molecule has 0 atom stereocenters. The van der Waals surface area contributed by atoms with E-state index in [0.29, 0.717) is 6.54 Å². The largest absolute Gasteiger partial charge is 0.289 e. The predicted molar refractivity (Wildman–Crippen MR) is 110 cm³/mol. The van der Waals surface area contributed by atoms with Gasteiger partial charge in [0.1, 0.15) is 5.69 Å². The van der Waals surface area contributed by atoms with Gasteiger partial charge in [-0.15, -0.1) is 0 Å². The number of nitro benzene ring substituents is 1. The van der Waals surface area contributed by atoms with Gasteiger partial charge in [0.15, 0.2) is 4.90 Å². The molecule has 0 radical (unpaired) electrons. The van der Waals surface area contributed by atoms with Crippen molar-refractivity contribution in [1.82, 2.24) is 19.5 Å². The molecule has 4 rings (SSSR count). The number of fused-ring (bicyclic) bond motifs is 1. The van der Waals surface area contributed by atoms with E-state index in [-0.39, 0.29) is 11.4 Å². The van der Waals surface area contributed by atoms with Crippen molar-refractivity contribution in [2.45, 2.75) is 37.1 Å². The minimum absolute atomic E-state index is 0.0736. The van der Waals surface area contributed by atoms with E-state index in [2.05, 4.69) is 9.71 Å². The van der Waals surface area contributed by atoms with Crippen molar-refractivity contribution in [3.05, 3.63) is 70.0 Å². The minimum atomic E-state index is -4.02. The molecule has 0 unspecified atom stereocenters. The van der Waals surface area contributed by atoms with Crippen molar-refractivity contribution in [2.75, 3.05) is 6.54 Å². The summed E-state index contributed by atoms with van der Waals surface area (Å²) in [5, 5.41) is 15.9. The number of benzene rings is 1. The second-order valence-electron chi connectivity index (χ2n) is 7.04. The maximum atomic E-state index is 12.6. The summed E-state index contributed by atoms with van der Waals surface area (Å²) in [7, 11) is -4.02. The molecule has 30 heavy (non-hydrogen) atoms. The van der Waals surface area contributed by atoms with Crippen molar-refractivity contribution >= 4 is 15.7 Å². The van der Waals surface area contributed by atoms with E-state index in [1.807, 2.05) is 22.9 Å². The molecular formula is C20H21N5O4S. The Labute approximate surface area is 174 Å². The molecule has 9 nitrogen and oxygen atoms in total. The van der Waals surface area contributed by atoms with Crippen LogP contribution in [0, 0.1) is 10.1 Å². The van der Waals surface area contributed by atoms with Crippen LogP contribution in [-0.2, 0) is 29.4 Å². The molecule has 0 bridgehead atoms. The predicted octanol–water partition coefficient (Wildman–Crippen LogP) is 2.71. The number of para-hydroxylation sites is 1. The Bertz CT molecular complexity index is 1180. The number of hydrogen-bond acceptors (Lipinski definition) is 6. The number of nitrogens with zero attached hydrogens (tertiary/aromatic N) is 4. The van der Waals surface area contributed by atoms with Crippen LogP contribution in [0.15, 0.2) is 53.6 Å². The van der Waals surface area contributed by atoms with Gasteiger partial charge in [-0.3, -0.25) is 19.8 Å². The third-order valence-corrected chi connectivity index (χ3v) is 6.64. The lowest BCUT2D eigenvalue weighted by molar-refractivity contribution is -0.387. The van der Waals surface area contributed by atoms with Crippen LogP contribution in [0.25, 0.3) is 11.4 Å². The minimum Gasteiger partial charge on any atom is -0.267 e. The van der Waals surface area contributed by atoms with Gasteiger partial charge in [0.2, 0.25) is 10.0 Å². The lowest BCUT2D eigenvalue weighted by Crippen LogP contribution is -2.28. The smallest absolute Gasteiger partial charge is 0.267 e. The van der Waals surface area contributed by atoms with E-state index in [4.69, 9.17) is 5.10 Å². The summed E-state index contributed by atoms with van der Waals surface area (Å²) >= 11 is 0. The monoisotopic (exact) mass is 427 g/mol. The number of rotatable bonds is 7. The van der Waals surface area contributed by atoms with Crippen LogP contribution in [0.1, 0.15) is 24.1 Å². The number of nitrogens with one attached hydrogen (secondary N) is 1. The summed E-state index contributed by atoms with van der Waals surface area (Å²) in [6, 6.07) is 11.0. The molecule has 0 saturated heterocycles. The third-order valence-electron chi connectivity index (χ3n) is 5.13. The molecule has 1 N–H and O–H groups in total. The van der Waals surface area contributed by atoms with E-state index in [9.17, 15) is 18.5 Å². The fourth-order valence-electron chi connectivity index (χ4n) is 3.76. The zero-order valence-corrected chi connectivity index (χ0v) is 17.0. The molecule has 1 aromatic carbocycles. The Morgan fingerprint density at radius 2 is 1.87 bits per heavy atom.